The van der Waals surface area contributed by atoms with Crippen LogP contribution >= 0.6 is 11.6 Å². The normalized spacial score (nSPS) is 12.0. The molecule has 0 amide bonds. The van der Waals surface area contributed by atoms with Crippen molar-refractivity contribution in [3.05, 3.63) is 35.1 Å². The number of anilines is 3. The third kappa shape index (κ3) is 4.45. The van der Waals surface area contributed by atoms with E-state index >= 15 is 0 Å². The number of aliphatic hydroxyl groups is 1. The van der Waals surface area contributed by atoms with Crippen LogP contribution in [0.2, 0.25) is 5.02 Å². The molecule has 5 N–H and O–H groups in total. The summed E-state index contributed by atoms with van der Waals surface area (Å²) in [6, 6.07) is 5.71. The maximum atomic E-state index is 10.00. The van der Waals surface area contributed by atoms with Gasteiger partial charge in [-0.2, -0.15) is 9.97 Å². The van der Waals surface area contributed by atoms with E-state index in [0.717, 1.165) is 5.56 Å². The van der Waals surface area contributed by atoms with Crippen molar-refractivity contribution in [2.75, 3.05) is 22.9 Å². The molecule has 2 heterocycles. The molecule has 28 heavy (non-hydrogen) atoms. The minimum absolute atomic E-state index is 0.193. The Labute approximate surface area is 169 Å². The van der Waals surface area contributed by atoms with Gasteiger partial charge in [-0.1, -0.05) is 23.7 Å². The van der Waals surface area contributed by atoms with Gasteiger partial charge in [-0.05, 0) is 39.3 Å². The van der Waals surface area contributed by atoms with Gasteiger partial charge in [0.15, 0.2) is 17.0 Å². The fourth-order valence-corrected chi connectivity index (χ4v) is 2.90. The largest absolute Gasteiger partial charge is 0.397 e. The van der Waals surface area contributed by atoms with Crippen LogP contribution in [0.25, 0.3) is 11.2 Å². The lowest BCUT2D eigenvalue weighted by Crippen LogP contribution is -2.30. The number of rotatable bonds is 7. The Balaban J connectivity index is 1.96. The van der Waals surface area contributed by atoms with Gasteiger partial charge in [0.2, 0.25) is 5.95 Å². The quantitative estimate of drug-likeness (QED) is 0.447. The topological polar surface area (TPSA) is 114 Å². The van der Waals surface area contributed by atoms with Crippen LogP contribution < -0.4 is 16.4 Å². The molecular formula is C19H26ClN7O. The number of hydrogen-bond donors (Lipinski definition) is 4. The van der Waals surface area contributed by atoms with Gasteiger partial charge in [-0.25, -0.2) is 4.98 Å². The summed E-state index contributed by atoms with van der Waals surface area (Å²) >= 11 is 6.11. The molecule has 150 valence electrons. The highest BCUT2D eigenvalue weighted by Gasteiger charge is 2.17. The summed E-state index contributed by atoms with van der Waals surface area (Å²) in [4.78, 5) is 13.6. The van der Waals surface area contributed by atoms with E-state index in [9.17, 15) is 5.11 Å². The smallest absolute Gasteiger partial charge is 0.226 e. The van der Waals surface area contributed by atoms with Crippen molar-refractivity contribution < 1.29 is 5.11 Å². The number of para-hydroxylation sites is 1. The van der Waals surface area contributed by atoms with E-state index < -0.39 is 5.60 Å². The van der Waals surface area contributed by atoms with Gasteiger partial charge in [-0.3, -0.25) is 0 Å². The zero-order valence-electron chi connectivity index (χ0n) is 16.5. The molecule has 0 fully saturated rings. The first-order valence-electron chi connectivity index (χ1n) is 9.13. The maximum Gasteiger partial charge on any atom is 0.226 e. The number of nitrogens with zero attached hydrogens (tertiary/aromatic N) is 4. The van der Waals surface area contributed by atoms with Crippen molar-refractivity contribution in [1.29, 1.82) is 0 Å². The number of benzene rings is 1. The zero-order chi connectivity index (χ0) is 20.5. The SMILES string of the molecule is CC(C)n1cnc2c(NCc3cccc(Cl)c3N)nc(NCC(C)(C)O)nc21. The van der Waals surface area contributed by atoms with Gasteiger partial charge in [0.25, 0.3) is 0 Å². The molecule has 2 aromatic heterocycles. The van der Waals surface area contributed by atoms with Crippen LogP contribution in [0.5, 0.6) is 0 Å². The number of aromatic nitrogens is 4. The highest BCUT2D eigenvalue weighted by Crippen LogP contribution is 2.26. The predicted molar refractivity (Wildman–Crippen MR) is 114 cm³/mol. The Kier molecular flexibility index (Phi) is 5.62. The van der Waals surface area contributed by atoms with Crippen LogP contribution in [0.1, 0.15) is 39.3 Å². The minimum Gasteiger partial charge on any atom is -0.397 e. The maximum absolute atomic E-state index is 10.00. The molecule has 0 radical (unpaired) electrons. The van der Waals surface area contributed by atoms with E-state index in [4.69, 9.17) is 17.3 Å². The van der Waals surface area contributed by atoms with E-state index in [0.29, 0.717) is 46.7 Å². The molecule has 0 spiro atoms. The molecular weight excluding hydrogens is 378 g/mol. The molecule has 0 aliphatic rings. The summed E-state index contributed by atoms with van der Waals surface area (Å²) in [5.74, 6) is 1.00. The minimum atomic E-state index is -0.889. The lowest BCUT2D eigenvalue weighted by atomic mass is 10.1. The second-order valence-electron chi connectivity index (χ2n) is 7.65. The van der Waals surface area contributed by atoms with Crippen molar-refractivity contribution in [1.82, 2.24) is 19.5 Å². The van der Waals surface area contributed by atoms with Crippen molar-refractivity contribution >= 4 is 40.2 Å². The molecule has 1 aromatic carbocycles. The molecule has 0 aliphatic heterocycles. The Bertz CT molecular complexity index is 978. The lowest BCUT2D eigenvalue weighted by molar-refractivity contribution is 0.0943. The Morgan fingerprint density at radius 2 is 2.00 bits per heavy atom. The van der Waals surface area contributed by atoms with Gasteiger partial charge in [-0.15, -0.1) is 0 Å². The third-order valence-corrected chi connectivity index (χ3v) is 4.58. The summed E-state index contributed by atoms with van der Waals surface area (Å²) < 4.78 is 1.98. The van der Waals surface area contributed by atoms with Gasteiger partial charge < -0.3 is 26.0 Å². The van der Waals surface area contributed by atoms with Gasteiger partial charge in [0, 0.05) is 19.1 Å². The fraction of sp³-hybridized carbons (Fsp3) is 0.421. The Morgan fingerprint density at radius 3 is 2.68 bits per heavy atom. The zero-order valence-corrected chi connectivity index (χ0v) is 17.2. The predicted octanol–water partition coefficient (Wildman–Crippen LogP) is 3.44. The van der Waals surface area contributed by atoms with E-state index in [2.05, 4.69) is 39.4 Å². The first-order valence-corrected chi connectivity index (χ1v) is 9.51. The van der Waals surface area contributed by atoms with Crippen molar-refractivity contribution in [2.45, 2.75) is 45.9 Å². The monoisotopic (exact) mass is 403 g/mol. The molecule has 9 heteroatoms. The third-order valence-electron chi connectivity index (χ3n) is 4.25. The summed E-state index contributed by atoms with van der Waals surface area (Å²) in [6.45, 7) is 8.32. The van der Waals surface area contributed by atoms with Gasteiger partial charge >= 0.3 is 0 Å². The van der Waals surface area contributed by atoms with Crippen LogP contribution in [-0.2, 0) is 6.54 Å². The van der Waals surface area contributed by atoms with Crippen LogP contribution in [0.3, 0.4) is 0 Å². The first-order chi connectivity index (χ1) is 13.2. The van der Waals surface area contributed by atoms with E-state index in [-0.39, 0.29) is 6.04 Å². The molecule has 0 bridgehead atoms. The molecule has 0 atom stereocenters. The molecule has 3 aromatic rings. The lowest BCUT2D eigenvalue weighted by Gasteiger charge is -2.18. The number of imidazole rings is 1. The average Bonchev–Trinajstić information content (AvgIpc) is 3.05. The molecule has 0 saturated carbocycles. The van der Waals surface area contributed by atoms with Crippen molar-refractivity contribution in [3.8, 4) is 0 Å². The molecule has 0 aliphatic carbocycles. The number of nitrogens with two attached hydrogens (primary N) is 1. The number of halogens is 1. The van der Waals surface area contributed by atoms with E-state index in [1.54, 1.807) is 26.2 Å². The number of nitrogen functional groups attached to an aromatic ring is 1. The molecule has 0 unspecified atom stereocenters. The van der Waals surface area contributed by atoms with Gasteiger partial charge in [0.1, 0.15) is 0 Å². The summed E-state index contributed by atoms with van der Waals surface area (Å²) in [6.07, 6.45) is 1.75. The van der Waals surface area contributed by atoms with Crippen LogP contribution in [0.15, 0.2) is 24.5 Å². The number of nitrogens with one attached hydrogen (secondary N) is 2. The van der Waals surface area contributed by atoms with Crippen molar-refractivity contribution in [2.24, 2.45) is 0 Å². The second-order valence-corrected chi connectivity index (χ2v) is 8.05. The summed E-state index contributed by atoms with van der Waals surface area (Å²) in [5, 5.41) is 16.9. The second kappa shape index (κ2) is 7.81. The summed E-state index contributed by atoms with van der Waals surface area (Å²) in [5.41, 5.74) is 7.96. The fourth-order valence-electron chi connectivity index (χ4n) is 2.71. The first kappa shape index (κ1) is 20.2. The number of hydrogen-bond acceptors (Lipinski definition) is 7. The van der Waals surface area contributed by atoms with Crippen LogP contribution in [0.4, 0.5) is 17.5 Å². The standard InChI is InChI=1S/C19H26ClN7O/c1-11(2)27-10-24-15-16(22-8-12-6-5-7-13(20)14(12)21)25-18(26-17(15)27)23-9-19(3,4)28/h5-7,10-11,28H,8-9,21H2,1-4H3,(H2,22,23,25,26). The number of fused-ring (bicyclic) bond motifs is 1. The highest BCUT2D eigenvalue weighted by atomic mass is 35.5. The molecule has 3 rings (SSSR count). The van der Waals surface area contributed by atoms with Gasteiger partial charge in [0.05, 0.1) is 22.6 Å². The summed E-state index contributed by atoms with van der Waals surface area (Å²) in [7, 11) is 0. The van der Waals surface area contributed by atoms with E-state index in [1.807, 2.05) is 16.7 Å². The van der Waals surface area contributed by atoms with E-state index in [1.165, 1.54) is 0 Å². The highest BCUT2D eigenvalue weighted by molar-refractivity contribution is 6.33. The Hall–Kier alpha value is -2.58. The average molecular weight is 404 g/mol. The molecule has 0 saturated heterocycles. The van der Waals surface area contributed by atoms with Crippen molar-refractivity contribution in [3.63, 3.8) is 0 Å². The van der Waals surface area contributed by atoms with Crippen LogP contribution in [0, 0.1) is 0 Å². The molecule has 8 nitrogen and oxygen atoms in total. The van der Waals surface area contributed by atoms with Crippen LogP contribution in [-0.4, -0.2) is 36.8 Å². The Morgan fingerprint density at radius 1 is 1.25 bits per heavy atom.